The monoisotopic (exact) mass is 440 g/mol. The van der Waals surface area contributed by atoms with Gasteiger partial charge in [-0.2, -0.15) is 11.8 Å². The van der Waals surface area contributed by atoms with E-state index >= 15 is 0 Å². The van der Waals surface area contributed by atoms with E-state index < -0.39 is 5.60 Å². The topological polar surface area (TPSA) is 82.7 Å². The predicted molar refractivity (Wildman–Crippen MR) is 101 cm³/mol. The lowest BCUT2D eigenvalue weighted by Crippen LogP contribution is -2.47. The van der Waals surface area contributed by atoms with Crippen LogP contribution in [-0.4, -0.2) is 46.4 Å². The number of aliphatic hydroxyl groups is 1. The van der Waals surface area contributed by atoms with Crippen molar-refractivity contribution < 1.29 is 9.63 Å². The second-order valence-corrected chi connectivity index (χ2v) is 6.48. The third kappa shape index (κ3) is 5.31. The van der Waals surface area contributed by atoms with Gasteiger partial charge in [-0.3, -0.25) is 0 Å². The Labute approximate surface area is 152 Å². The zero-order chi connectivity index (χ0) is 15.3. The molecule has 0 radical (unpaired) electrons. The predicted octanol–water partition coefficient (Wildman–Crippen LogP) is 1.83. The quantitative estimate of drug-likeness (QED) is 0.368. The highest BCUT2D eigenvalue weighted by Crippen LogP contribution is 2.26. The molecule has 0 spiro atoms. The van der Waals surface area contributed by atoms with Crippen molar-refractivity contribution >= 4 is 41.7 Å². The molecular weight excluding hydrogens is 415 g/mol. The molecule has 1 aromatic rings. The second kappa shape index (κ2) is 8.97. The third-order valence-corrected chi connectivity index (χ3v) is 4.82. The van der Waals surface area contributed by atoms with Crippen molar-refractivity contribution in [3.8, 4) is 0 Å². The molecule has 1 atom stereocenters. The highest BCUT2D eigenvalue weighted by atomic mass is 127. The number of hydrogen-bond donors (Lipinski definition) is 3. The van der Waals surface area contributed by atoms with Crippen LogP contribution in [0.25, 0.3) is 0 Å². The van der Waals surface area contributed by atoms with Crippen LogP contribution in [0.2, 0.25) is 0 Å². The molecule has 1 saturated heterocycles. The van der Waals surface area contributed by atoms with Crippen molar-refractivity contribution in [3.63, 3.8) is 0 Å². The molecule has 1 unspecified atom stereocenters. The first-order valence-corrected chi connectivity index (χ1v) is 8.43. The molecule has 3 N–H and O–H groups in total. The van der Waals surface area contributed by atoms with Gasteiger partial charge in [0.05, 0.1) is 17.8 Å². The number of aromatic nitrogens is 1. The first-order valence-electron chi connectivity index (χ1n) is 7.28. The maximum absolute atomic E-state index is 10.4. The normalized spacial score (nSPS) is 21.5. The summed E-state index contributed by atoms with van der Waals surface area (Å²) in [4.78, 5) is 4.55. The number of nitrogens with zero attached hydrogens (tertiary/aromatic N) is 2. The van der Waals surface area contributed by atoms with Crippen molar-refractivity contribution in [3.05, 3.63) is 17.0 Å². The number of hydrogen-bond acceptors (Lipinski definition) is 5. The van der Waals surface area contributed by atoms with Crippen LogP contribution in [0.4, 0.5) is 0 Å². The van der Waals surface area contributed by atoms with E-state index in [0.717, 1.165) is 41.5 Å². The molecule has 2 heterocycles. The molecular formula is C14H25IN4O2S. The van der Waals surface area contributed by atoms with Gasteiger partial charge in [0.15, 0.2) is 5.96 Å². The summed E-state index contributed by atoms with van der Waals surface area (Å²) >= 11 is 1.79. The molecule has 6 nitrogen and oxygen atoms in total. The Kier molecular flexibility index (Phi) is 7.98. The van der Waals surface area contributed by atoms with E-state index in [1.165, 1.54) is 0 Å². The highest BCUT2D eigenvalue weighted by Gasteiger charge is 2.31. The van der Waals surface area contributed by atoms with Gasteiger partial charge < -0.3 is 20.3 Å². The number of halogens is 1. The van der Waals surface area contributed by atoms with Crippen LogP contribution in [0.1, 0.15) is 30.4 Å². The molecule has 2 rings (SSSR count). The fourth-order valence-corrected chi connectivity index (χ4v) is 3.51. The van der Waals surface area contributed by atoms with Crippen LogP contribution in [-0.2, 0) is 6.54 Å². The lowest BCUT2D eigenvalue weighted by atomic mass is 10.0. The largest absolute Gasteiger partial charge is 0.387 e. The molecule has 0 saturated carbocycles. The summed E-state index contributed by atoms with van der Waals surface area (Å²) in [7, 11) is 0. The van der Waals surface area contributed by atoms with Gasteiger partial charge in [0.25, 0.3) is 0 Å². The van der Waals surface area contributed by atoms with Crippen LogP contribution < -0.4 is 10.6 Å². The summed E-state index contributed by atoms with van der Waals surface area (Å²) < 4.78 is 5.14. The van der Waals surface area contributed by atoms with E-state index in [2.05, 4.69) is 20.8 Å². The van der Waals surface area contributed by atoms with Crippen molar-refractivity contribution in [1.29, 1.82) is 0 Å². The lowest BCUT2D eigenvalue weighted by Gasteiger charge is -2.23. The van der Waals surface area contributed by atoms with Crippen molar-refractivity contribution in [2.75, 3.05) is 24.6 Å². The van der Waals surface area contributed by atoms with Crippen LogP contribution in [0.5, 0.6) is 0 Å². The standard InChI is InChI=1S/C14H24N4O2S.HI/c1-4-15-13(17-8-14(19)5-6-21-9-14)16-7-12-10(2)18-20-11(12)3;/h19H,4-9H2,1-3H3,(H2,15,16,17);1H. The van der Waals surface area contributed by atoms with Crippen LogP contribution in [0.15, 0.2) is 9.52 Å². The molecule has 0 aliphatic carbocycles. The maximum Gasteiger partial charge on any atom is 0.191 e. The van der Waals surface area contributed by atoms with E-state index in [9.17, 15) is 5.11 Å². The van der Waals surface area contributed by atoms with E-state index in [0.29, 0.717) is 19.0 Å². The van der Waals surface area contributed by atoms with Gasteiger partial charge in [-0.25, -0.2) is 4.99 Å². The first kappa shape index (κ1) is 19.6. The lowest BCUT2D eigenvalue weighted by molar-refractivity contribution is 0.0724. The Bertz CT molecular complexity index is 482. The molecule has 1 aliphatic rings. The fraction of sp³-hybridized carbons (Fsp3) is 0.714. The van der Waals surface area contributed by atoms with E-state index in [1.54, 1.807) is 11.8 Å². The summed E-state index contributed by atoms with van der Waals surface area (Å²) in [5, 5.41) is 20.7. The molecule has 1 fully saturated rings. The minimum atomic E-state index is -0.621. The molecule has 0 aromatic carbocycles. The molecule has 8 heteroatoms. The van der Waals surface area contributed by atoms with Crippen molar-refractivity contribution in [1.82, 2.24) is 15.8 Å². The Morgan fingerprint density at radius 3 is 2.77 bits per heavy atom. The molecule has 126 valence electrons. The fourth-order valence-electron chi connectivity index (χ4n) is 2.21. The summed E-state index contributed by atoms with van der Waals surface area (Å²) in [5.41, 5.74) is 1.27. The number of thioether (sulfide) groups is 1. The molecule has 1 aliphatic heterocycles. The van der Waals surface area contributed by atoms with Gasteiger partial charge in [0, 0.05) is 24.4 Å². The summed E-state index contributed by atoms with van der Waals surface area (Å²) in [6.45, 7) is 7.65. The minimum absolute atomic E-state index is 0. The number of rotatable bonds is 5. The van der Waals surface area contributed by atoms with Gasteiger partial charge in [-0.15, -0.1) is 24.0 Å². The smallest absolute Gasteiger partial charge is 0.191 e. The van der Waals surface area contributed by atoms with E-state index in [1.807, 2.05) is 20.8 Å². The SMILES string of the molecule is CCNC(=NCc1c(C)noc1C)NCC1(O)CCSC1.I. The Morgan fingerprint density at radius 2 is 2.23 bits per heavy atom. The maximum atomic E-state index is 10.4. The van der Waals surface area contributed by atoms with Crippen LogP contribution in [0.3, 0.4) is 0 Å². The average Bonchev–Trinajstić information content (AvgIpc) is 3.02. The van der Waals surface area contributed by atoms with Gasteiger partial charge >= 0.3 is 0 Å². The van der Waals surface area contributed by atoms with Gasteiger partial charge in [-0.05, 0) is 32.9 Å². The second-order valence-electron chi connectivity index (χ2n) is 5.38. The Hall–Kier alpha value is -0.480. The van der Waals surface area contributed by atoms with Crippen molar-refractivity contribution in [2.45, 2.75) is 39.3 Å². The molecule has 22 heavy (non-hydrogen) atoms. The summed E-state index contributed by atoms with van der Waals surface area (Å²) in [6, 6.07) is 0. The molecule has 1 aromatic heterocycles. The van der Waals surface area contributed by atoms with Gasteiger partial charge in [0.1, 0.15) is 5.76 Å². The van der Waals surface area contributed by atoms with Crippen LogP contribution in [0, 0.1) is 13.8 Å². The number of aliphatic imine (C=N–C) groups is 1. The third-order valence-electron chi connectivity index (χ3n) is 3.59. The number of aryl methyl sites for hydroxylation is 2. The van der Waals surface area contributed by atoms with Gasteiger partial charge in [0.2, 0.25) is 0 Å². The molecule has 0 amide bonds. The van der Waals surface area contributed by atoms with Crippen LogP contribution >= 0.6 is 35.7 Å². The number of nitrogens with one attached hydrogen (secondary N) is 2. The average molecular weight is 440 g/mol. The Morgan fingerprint density at radius 1 is 1.45 bits per heavy atom. The summed E-state index contributed by atoms with van der Waals surface area (Å²) in [6.07, 6.45) is 0.827. The Balaban J connectivity index is 0.00000242. The zero-order valence-corrected chi connectivity index (χ0v) is 16.5. The zero-order valence-electron chi connectivity index (χ0n) is 13.3. The van der Waals surface area contributed by atoms with E-state index in [-0.39, 0.29) is 24.0 Å². The summed E-state index contributed by atoms with van der Waals surface area (Å²) in [5.74, 6) is 3.31. The number of guanidine groups is 1. The van der Waals surface area contributed by atoms with Crippen molar-refractivity contribution in [2.24, 2.45) is 4.99 Å². The first-order chi connectivity index (χ1) is 10.0. The van der Waals surface area contributed by atoms with Gasteiger partial charge in [-0.1, -0.05) is 5.16 Å². The highest BCUT2D eigenvalue weighted by molar-refractivity contribution is 14.0. The van der Waals surface area contributed by atoms with E-state index in [4.69, 9.17) is 4.52 Å². The molecule has 0 bridgehead atoms. The minimum Gasteiger partial charge on any atom is -0.387 e.